The topological polar surface area (TPSA) is 49.7 Å². The molecular formula is C17H29NO2. The molecule has 0 fully saturated rings. The third kappa shape index (κ3) is 4.19. The Labute approximate surface area is 123 Å². The minimum atomic E-state index is -0.275. The molecule has 1 aliphatic carbocycles. The lowest BCUT2D eigenvalue weighted by atomic mass is 9.72. The van der Waals surface area contributed by atoms with Crippen LogP contribution in [0.25, 0.3) is 0 Å². The van der Waals surface area contributed by atoms with Crippen molar-refractivity contribution < 1.29 is 9.90 Å². The summed E-state index contributed by atoms with van der Waals surface area (Å²) < 4.78 is 0. The smallest absolute Gasteiger partial charge is 0.168 e. The average Bonchev–Trinajstić information content (AvgIpc) is 2.08. The molecule has 0 unspecified atom stereocenters. The summed E-state index contributed by atoms with van der Waals surface area (Å²) in [5.41, 5.74) is 0.460. The number of carbonyl (C=O) groups excluding carboxylic acids is 1. The average molecular weight is 279 g/mol. The molecule has 20 heavy (non-hydrogen) atoms. The molecule has 0 aliphatic heterocycles. The largest absolute Gasteiger partial charge is 0.511 e. The second kappa shape index (κ2) is 5.01. The van der Waals surface area contributed by atoms with Crippen LogP contribution in [0.2, 0.25) is 0 Å². The van der Waals surface area contributed by atoms with E-state index in [0.29, 0.717) is 18.4 Å². The van der Waals surface area contributed by atoms with E-state index in [1.165, 1.54) is 0 Å². The number of allylic oxidation sites excluding steroid dienone is 2. The standard InChI is InChI=1S/C17H29NO2/c1-15(2,3)14(18-16(4,5)6)13-11(19)9-17(7,8)10-12(13)20/h19H,9-10H2,1-8H3. The highest BCUT2D eigenvalue weighted by molar-refractivity contribution is 6.25. The summed E-state index contributed by atoms with van der Waals surface area (Å²) in [6.07, 6.45) is 0.999. The van der Waals surface area contributed by atoms with Crippen molar-refractivity contribution in [1.82, 2.24) is 0 Å². The summed E-state index contributed by atoms with van der Waals surface area (Å²) in [6.45, 7) is 16.1. The predicted octanol–water partition coefficient (Wildman–Crippen LogP) is 4.47. The van der Waals surface area contributed by atoms with Crippen molar-refractivity contribution in [1.29, 1.82) is 0 Å². The van der Waals surface area contributed by atoms with Gasteiger partial charge in [-0.15, -0.1) is 0 Å². The number of aliphatic hydroxyl groups excluding tert-OH is 1. The van der Waals surface area contributed by atoms with Crippen LogP contribution in [-0.2, 0) is 4.79 Å². The SMILES string of the molecule is CC1(C)CC(=O)C(C(=NC(C)(C)C)C(C)(C)C)=C(O)C1. The highest BCUT2D eigenvalue weighted by Gasteiger charge is 2.38. The van der Waals surface area contributed by atoms with Crippen molar-refractivity contribution in [2.75, 3.05) is 0 Å². The van der Waals surface area contributed by atoms with Crippen LogP contribution in [0, 0.1) is 10.8 Å². The molecule has 114 valence electrons. The van der Waals surface area contributed by atoms with E-state index in [9.17, 15) is 9.90 Å². The molecule has 0 aromatic heterocycles. The van der Waals surface area contributed by atoms with Gasteiger partial charge in [-0.25, -0.2) is 0 Å². The van der Waals surface area contributed by atoms with Gasteiger partial charge >= 0.3 is 0 Å². The molecule has 0 atom stereocenters. The van der Waals surface area contributed by atoms with Gasteiger partial charge in [0.15, 0.2) is 5.78 Å². The lowest BCUT2D eigenvalue weighted by Gasteiger charge is -2.34. The number of carbonyl (C=O) groups is 1. The second-order valence-electron chi connectivity index (χ2n) is 8.64. The van der Waals surface area contributed by atoms with E-state index in [0.717, 1.165) is 5.71 Å². The maximum atomic E-state index is 12.5. The third-order valence-corrected chi connectivity index (χ3v) is 3.25. The van der Waals surface area contributed by atoms with Crippen LogP contribution in [0.3, 0.4) is 0 Å². The Kier molecular flexibility index (Phi) is 4.24. The van der Waals surface area contributed by atoms with Gasteiger partial charge in [0.2, 0.25) is 0 Å². The number of Topliss-reactive ketones (excluding diaryl/α,β-unsaturated/α-hetero) is 1. The second-order valence-corrected chi connectivity index (χ2v) is 8.64. The summed E-state index contributed by atoms with van der Waals surface area (Å²) in [5.74, 6) is 0.209. The van der Waals surface area contributed by atoms with E-state index in [1.54, 1.807) is 0 Å². The number of hydrogen-bond donors (Lipinski definition) is 1. The molecule has 0 amide bonds. The van der Waals surface area contributed by atoms with Gasteiger partial charge in [-0.2, -0.15) is 0 Å². The summed E-state index contributed by atoms with van der Waals surface area (Å²) in [7, 11) is 0. The van der Waals surface area contributed by atoms with Crippen LogP contribution in [0.5, 0.6) is 0 Å². The van der Waals surface area contributed by atoms with Crippen LogP contribution >= 0.6 is 0 Å². The predicted molar refractivity (Wildman–Crippen MR) is 84.3 cm³/mol. The maximum absolute atomic E-state index is 12.5. The fourth-order valence-electron chi connectivity index (χ4n) is 2.49. The molecule has 0 radical (unpaired) electrons. The van der Waals surface area contributed by atoms with Gasteiger partial charge < -0.3 is 5.11 Å². The summed E-state index contributed by atoms with van der Waals surface area (Å²) in [4.78, 5) is 17.2. The molecule has 3 nitrogen and oxygen atoms in total. The summed E-state index contributed by atoms with van der Waals surface area (Å²) in [6, 6.07) is 0. The molecule has 1 aliphatic rings. The lowest BCUT2D eigenvalue weighted by Crippen LogP contribution is -2.35. The molecule has 0 heterocycles. The minimum Gasteiger partial charge on any atom is -0.511 e. The Bertz CT molecular complexity index is 468. The van der Waals surface area contributed by atoms with E-state index in [-0.39, 0.29) is 27.9 Å². The van der Waals surface area contributed by atoms with Crippen molar-refractivity contribution in [2.24, 2.45) is 15.8 Å². The molecule has 0 aromatic carbocycles. The zero-order valence-electron chi connectivity index (χ0n) is 14.2. The van der Waals surface area contributed by atoms with Gasteiger partial charge in [0.05, 0.1) is 16.8 Å². The first-order valence-corrected chi connectivity index (χ1v) is 7.29. The van der Waals surface area contributed by atoms with Crippen LogP contribution in [0.1, 0.15) is 68.2 Å². The lowest BCUT2D eigenvalue weighted by molar-refractivity contribution is -0.118. The molecule has 3 heteroatoms. The number of ketones is 1. The Morgan fingerprint density at radius 3 is 1.95 bits per heavy atom. The van der Waals surface area contributed by atoms with Gasteiger partial charge in [0.1, 0.15) is 5.76 Å². The van der Waals surface area contributed by atoms with E-state index in [2.05, 4.69) is 0 Å². The van der Waals surface area contributed by atoms with Gasteiger partial charge in [-0.3, -0.25) is 9.79 Å². The van der Waals surface area contributed by atoms with Crippen LogP contribution in [-0.4, -0.2) is 22.1 Å². The van der Waals surface area contributed by atoms with Crippen LogP contribution in [0.15, 0.2) is 16.3 Å². The van der Waals surface area contributed by atoms with Crippen molar-refractivity contribution in [3.8, 4) is 0 Å². The maximum Gasteiger partial charge on any atom is 0.168 e. The van der Waals surface area contributed by atoms with Gasteiger partial charge in [-0.1, -0.05) is 34.6 Å². The van der Waals surface area contributed by atoms with Gasteiger partial charge in [0.25, 0.3) is 0 Å². The summed E-state index contributed by atoms with van der Waals surface area (Å²) in [5, 5.41) is 10.4. The highest BCUT2D eigenvalue weighted by atomic mass is 16.3. The molecule has 0 saturated heterocycles. The van der Waals surface area contributed by atoms with Crippen LogP contribution < -0.4 is 0 Å². The number of aliphatic hydroxyl groups is 1. The number of aliphatic imine (C=N–C) groups is 1. The first-order chi connectivity index (χ1) is 8.73. The van der Waals surface area contributed by atoms with E-state index >= 15 is 0 Å². The minimum absolute atomic E-state index is 0.0108. The fourth-order valence-corrected chi connectivity index (χ4v) is 2.49. The molecular weight excluding hydrogens is 250 g/mol. The van der Waals surface area contributed by atoms with Crippen LogP contribution in [0.4, 0.5) is 0 Å². The Hall–Kier alpha value is -1.12. The van der Waals surface area contributed by atoms with Crippen molar-refractivity contribution >= 4 is 11.5 Å². The van der Waals surface area contributed by atoms with Crippen molar-refractivity contribution in [3.63, 3.8) is 0 Å². The van der Waals surface area contributed by atoms with E-state index in [1.807, 2.05) is 55.4 Å². The molecule has 0 aromatic rings. The quantitative estimate of drug-likeness (QED) is 0.720. The first-order valence-electron chi connectivity index (χ1n) is 7.29. The molecule has 1 rings (SSSR count). The summed E-state index contributed by atoms with van der Waals surface area (Å²) >= 11 is 0. The zero-order valence-corrected chi connectivity index (χ0v) is 14.2. The molecule has 0 bridgehead atoms. The normalized spacial score (nSPS) is 21.4. The first kappa shape index (κ1) is 16.9. The van der Waals surface area contributed by atoms with Gasteiger partial charge in [-0.05, 0) is 26.2 Å². The Morgan fingerprint density at radius 2 is 1.60 bits per heavy atom. The Balaban J connectivity index is 3.43. The van der Waals surface area contributed by atoms with Crippen molar-refractivity contribution in [3.05, 3.63) is 11.3 Å². The fraction of sp³-hybridized carbons (Fsp3) is 0.765. The third-order valence-electron chi connectivity index (χ3n) is 3.25. The molecule has 1 N–H and O–H groups in total. The molecule has 0 spiro atoms. The number of rotatable bonds is 1. The molecule has 0 saturated carbocycles. The van der Waals surface area contributed by atoms with Crippen molar-refractivity contribution in [2.45, 2.75) is 73.8 Å². The number of nitrogens with zero attached hydrogens (tertiary/aromatic N) is 1. The van der Waals surface area contributed by atoms with E-state index < -0.39 is 0 Å². The number of hydrogen-bond acceptors (Lipinski definition) is 3. The highest BCUT2D eigenvalue weighted by Crippen LogP contribution is 2.39. The van der Waals surface area contributed by atoms with Gasteiger partial charge in [0, 0.05) is 18.3 Å². The monoisotopic (exact) mass is 279 g/mol. The Morgan fingerprint density at radius 1 is 1.10 bits per heavy atom. The van der Waals surface area contributed by atoms with E-state index in [4.69, 9.17) is 4.99 Å². The zero-order chi connectivity index (χ0) is 15.9.